The van der Waals surface area contributed by atoms with E-state index in [1.807, 2.05) is 34.6 Å². The van der Waals surface area contributed by atoms with E-state index in [-0.39, 0.29) is 12.1 Å². The summed E-state index contributed by atoms with van der Waals surface area (Å²) in [6, 6.07) is 1.78. The molecule has 3 rings (SSSR count). The molecule has 10 heteroatoms. The van der Waals surface area contributed by atoms with Gasteiger partial charge in [0.2, 0.25) is 0 Å². The first-order valence-corrected chi connectivity index (χ1v) is 9.63. The molecule has 1 aliphatic heterocycles. The fraction of sp³-hybridized carbons (Fsp3) is 0.526. The van der Waals surface area contributed by atoms with E-state index in [1.54, 1.807) is 23.4 Å². The molecule has 29 heavy (non-hydrogen) atoms. The second-order valence-corrected chi connectivity index (χ2v) is 8.94. The van der Waals surface area contributed by atoms with Crippen LogP contribution in [0.1, 0.15) is 40.2 Å². The van der Waals surface area contributed by atoms with Crippen LogP contribution in [0.15, 0.2) is 23.6 Å². The second-order valence-electron chi connectivity index (χ2n) is 8.55. The van der Waals surface area contributed by atoms with Crippen LogP contribution in [0, 0.1) is 0 Å². The lowest BCUT2D eigenvalue weighted by Gasteiger charge is -2.40. The number of ether oxygens (including phenoxy) is 1. The van der Waals surface area contributed by atoms with Crippen LogP contribution in [0.2, 0.25) is 5.15 Å². The first kappa shape index (κ1) is 21.0. The van der Waals surface area contributed by atoms with E-state index in [1.165, 1.54) is 0 Å². The van der Waals surface area contributed by atoms with E-state index in [4.69, 9.17) is 21.9 Å². The molecule has 2 aromatic heterocycles. The van der Waals surface area contributed by atoms with Gasteiger partial charge in [0.1, 0.15) is 16.6 Å². The highest BCUT2D eigenvalue weighted by Gasteiger charge is 2.34. The van der Waals surface area contributed by atoms with Crippen molar-refractivity contribution in [3.05, 3.63) is 39.6 Å². The van der Waals surface area contributed by atoms with E-state index in [0.29, 0.717) is 24.1 Å². The number of anilines is 1. The van der Waals surface area contributed by atoms with Gasteiger partial charge < -0.3 is 15.0 Å². The number of halogens is 1. The summed E-state index contributed by atoms with van der Waals surface area (Å²) in [7, 11) is 0. The van der Waals surface area contributed by atoms with Gasteiger partial charge in [0, 0.05) is 35.8 Å². The van der Waals surface area contributed by atoms with Crippen LogP contribution in [0.25, 0.3) is 21.2 Å². The van der Waals surface area contributed by atoms with Gasteiger partial charge in [-0.25, -0.2) is 14.8 Å². The number of rotatable bonds is 4. The van der Waals surface area contributed by atoms with Gasteiger partial charge in [-0.2, -0.15) is 0 Å². The summed E-state index contributed by atoms with van der Waals surface area (Å²) in [5.74, 6) is 0.637. The molecule has 2 aromatic rings. The normalized spacial score (nSPS) is 14.9. The first-order chi connectivity index (χ1) is 13.5. The number of nitrogens with one attached hydrogen (secondary N) is 1. The van der Waals surface area contributed by atoms with E-state index in [9.17, 15) is 4.79 Å². The lowest BCUT2D eigenvalue weighted by Crippen LogP contribution is -2.58. The van der Waals surface area contributed by atoms with Crippen molar-refractivity contribution in [3.63, 3.8) is 0 Å². The van der Waals surface area contributed by atoms with Crippen molar-refractivity contribution in [1.82, 2.24) is 14.9 Å². The second kappa shape index (κ2) is 7.57. The number of aromatic nitrogens is 2. The molecule has 9 nitrogen and oxygen atoms in total. The van der Waals surface area contributed by atoms with E-state index in [0.717, 1.165) is 16.3 Å². The zero-order valence-corrected chi connectivity index (χ0v) is 17.9. The van der Waals surface area contributed by atoms with Crippen LogP contribution in [-0.2, 0) is 10.3 Å². The zero-order valence-electron chi connectivity index (χ0n) is 17.1. The van der Waals surface area contributed by atoms with E-state index in [2.05, 4.69) is 25.3 Å². The van der Waals surface area contributed by atoms with Gasteiger partial charge in [0.05, 0.1) is 11.6 Å². The molecule has 1 aliphatic rings. The SMILES string of the molecule is CC(C)(C)OC(=O)N1CC(Nc2ncc(C(C)(C)N=[N+]=[N-])c3cc(Cl)ncc23)C1. The van der Waals surface area contributed by atoms with Crippen molar-refractivity contribution in [3.8, 4) is 0 Å². The summed E-state index contributed by atoms with van der Waals surface area (Å²) >= 11 is 6.11. The minimum Gasteiger partial charge on any atom is -0.444 e. The van der Waals surface area contributed by atoms with Crippen molar-refractivity contribution in [2.75, 3.05) is 18.4 Å². The zero-order chi connectivity index (χ0) is 21.4. The van der Waals surface area contributed by atoms with Crippen LogP contribution < -0.4 is 5.32 Å². The number of likely N-dealkylation sites (tertiary alicyclic amines) is 1. The quantitative estimate of drug-likeness (QED) is 0.330. The average molecular weight is 418 g/mol. The predicted molar refractivity (Wildman–Crippen MR) is 112 cm³/mol. The van der Waals surface area contributed by atoms with Crippen molar-refractivity contribution < 1.29 is 9.53 Å². The van der Waals surface area contributed by atoms with E-state index >= 15 is 0 Å². The third kappa shape index (κ3) is 4.63. The number of carbonyl (C=O) groups is 1. The van der Waals surface area contributed by atoms with Crippen LogP contribution in [0.4, 0.5) is 10.6 Å². The Hall–Kier alpha value is -2.77. The van der Waals surface area contributed by atoms with Crippen molar-refractivity contribution in [2.24, 2.45) is 5.11 Å². The van der Waals surface area contributed by atoms with Gasteiger partial charge in [-0.05, 0) is 43.3 Å². The average Bonchev–Trinajstić information content (AvgIpc) is 2.55. The Morgan fingerprint density at radius 3 is 2.59 bits per heavy atom. The Morgan fingerprint density at radius 2 is 1.97 bits per heavy atom. The lowest BCUT2D eigenvalue weighted by molar-refractivity contribution is 0.0105. The number of azide groups is 1. The number of fused-ring (bicyclic) bond motifs is 1. The van der Waals surface area contributed by atoms with Crippen molar-refractivity contribution in [1.29, 1.82) is 0 Å². The molecule has 154 valence electrons. The molecule has 0 aliphatic carbocycles. The number of hydrogen-bond acceptors (Lipinski definition) is 6. The highest BCUT2D eigenvalue weighted by Crippen LogP contribution is 2.35. The molecule has 1 saturated heterocycles. The van der Waals surface area contributed by atoms with Gasteiger partial charge >= 0.3 is 6.09 Å². The molecule has 1 N–H and O–H groups in total. The largest absolute Gasteiger partial charge is 0.444 e. The molecule has 0 spiro atoms. The monoisotopic (exact) mass is 417 g/mol. The Morgan fingerprint density at radius 1 is 1.28 bits per heavy atom. The minimum atomic E-state index is -0.798. The number of amides is 1. The maximum Gasteiger partial charge on any atom is 0.410 e. The summed E-state index contributed by atoms with van der Waals surface area (Å²) in [6.45, 7) is 10.2. The molecule has 1 amide bonds. The summed E-state index contributed by atoms with van der Waals surface area (Å²) in [4.78, 5) is 25.4. The van der Waals surface area contributed by atoms with Crippen molar-refractivity contribution >= 4 is 34.3 Å². The van der Waals surface area contributed by atoms with Gasteiger partial charge in [0.25, 0.3) is 0 Å². The summed E-state index contributed by atoms with van der Waals surface area (Å²) in [5.41, 5.74) is 8.32. The van der Waals surface area contributed by atoms with Gasteiger partial charge in [-0.15, -0.1) is 0 Å². The smallest absolute Gasteiger partial charge is 0.410 e. The fourth-order valence-corrected chi connectivity index (χ4v) is 3.27. The highest BCUT2D eigenvalue weighted by molar-refractivity contribution is 6.30. The third-order valence-electron chi connectivity index (χ3n) is 4.57. The molecule has 3 heterocycles. The fourth-order valence-electron chi connectivity index (χ4n) is 3.12. The van der Waals surface area contributed by atoms with Crippen LogP contribution >= 0.6 is 11.6 Å². The molecule has 0 radical (unpaired) electrons. The maximum absolute atomic E-state index is 12.1. The Bertz CT molecular complexity index is 990. The Labute approximate surface area is 174 Å². The molecule has 0 atom stereocenters. The van der Waals surface area contributed by atoms with Crippen LogP contribution in [-0.4, -0.2) is 45.7 Å². The summed E-state index contributed by atoms with van der Waals surface area (Å²) < 4.78 is 5.38. The number of nitrogens with zero attached hydrogens (tertiary/aromatic N) is 6. The molecule has 0 bridgehead atoms. The number of carbonyl (C=O) groups excluding carboxylic acids is 1. The standard InChI is InChI=1S/C19H24ClN7O2/c1-18(2,3)29-17(28)27-9-11(10-27)24-16-13-7-22-15(20)6-12(13)14(8-23-16)19(4,5)25-26-21/h6-8,11H,9-10H2,1-5H3,(H,23,24). The minimum absolute atomic E-state index is 0.0462. The van der Waals surface area contributed by atoms with Crippen LogP contribution in [0.3, 0.4) is 0 Å². The van der Waals surface area contributed by atoms with Crippen LogP contribution in [0.5, 0.6) is 0 Å². The maximum atomic E-state index is 12.1. The third-order valence-corrected chi connectivity index (χ3v) is 4.77. The first-order valence-electron chi connectivity index (χ1n) is 9.25. The topological polar surface area (TPSA) is 116 Å². The number of pyridine rings is 2. The Kier molecular flexibility index (Phi) is 5.47. The highest BCUT2D eigenvalue weighted by atomic mass is 35.5. The molecule has 1 fully saturated rings. The van der Waals surface area contributed by atoms with Gasteiger partial charge in [-0.3, -0.25) is 0 Å². The number of hydrogen-bond donors (Lipinski definition) is 1. The molecule has 0 aromatic carbocycles. The molecule has 0 unspecified atom stereocenters. The van der Waals surface area contributed by atoms with Crippen molar-refractivity contribution in [2.45, 2.75) is 51.8 Å². The van der Waals surface area contributed by atoms with Gasteiger partial charge in [0.15, 0.2) is 0 Å². The Balaban J connectivity index is 1.82. The summed E-state index contributed by atoms with van der Waals surface area (Å²) in [5, 5.41) is 9.15. The van der Waals surface area contributed by atoms with E-state index < -0.39 is 11.1 Å². The summed E-state index contributed by atoms with van der Waals surface area (Å²) in [6.07, 6.45) is 3.00. The molecule has 0 saturated carbocycles. The lowest BCUT2D eigenvalue weighted by atomic mass is 9.92. The predicted octanol–water partition coefficient (Wildman–Crippen LogP) is 4.86. The molecular formula is C19H24ClN7O2. The van der Waals surface area contributed by atoms with Gasteiger partial charge in [-0.1, -0.05) is 30.6 Å². The molecular weight excluding hydrogens is 394 g/mol.